The number of carboxylic acid groups (broad SMARTS) is 1. The molecule has 1 aromatic carbocycles. The van der Waals surface area contributed by atoms with E-state index in [4.69, 9.17) is 9.84 Å². The molecular formula is C12H10F3NO4. The zero-order chi connectivity index (χ0) is 14.9. The highest BCUT2D eigenvalue weighted by Gasteiger charge is 2.44. The van der Waals surface area contributed by atoms with E-state index in [2.05, 4.69) is 0 Å². The van der Waals surface area contributed by atoms with Gasteiger partial charge in [-0.05, 0) is 12.1 Å². The maximum Gasteiger partial charge on any atom is 0.471 e. The molecule has 1 aromatic rings. The van der Waals surface area contributed by atoms with Gasteiger partial charge in [-0.3, -0.25) is 4.79 Å². The molecule has 1 N–H and O–H groups in total. The fourth-order valence-electron chi connectivity index (χ4n) is 1.99. The summed E-state index contributed by atoms with van der Waals surface area (Å²) in [5.41, 5.74) is -0.191. The average Bonchev–Trinajstić information content (AvgIpc) is 2.58. The minimum atomic E-state index is -5.03. The van der Waals surface area contributed by atoms with Crippen LogP contribution in [0.1, 0.15) is 15.9 Å². The van der Waals surface area contributed by atoms with Crippen LogP contribution in [0.2, 0.25) is 0 Å². The Labute approximate surface area is 111 Å². The Morgan fingerprint density at radius 1 is 1.30 bits per heavy atom. The number of amides is 1. The van der Waals surface area contributed by atoms with Crippen LogP contribution in [0.15, 0.2) is 18.2 Å². The molecule has 0 fully saturated rings. The second-order valence-electron chi connectivity index (χ2n) is 4.12. The summed E-state index contributed by atoms with van der Waals surface area (Å²) in [6.45, 7) is -0.538. The number of rotatable bonds is 1. The van der Waals surface area contributed by atoms with E-state index in [1.54, 1.807) is 0 Å². The Hall–Kier alpha value is -2.09. The third-order valence-electron chi connectivity index (χ3n) is 2.87. The van der Waals surface area contributed by atoms with Crippen molar-refractivity contribution in [3.63, 3.8) is 0 Å². The van der Waals surface area contributed by atoms with Crippen molar-refractivity contribution < 1.29 is 32.6 Å². The number of aromatic carboxylic acids is 1. The lowest BCUT2D eigenvalue weighted by molar-refractivity contribution is -0.170. The molecule has 108 valence electrons. The number of anilines is 1. The Balaban J connectivity index is 2.53. The first kappa shape index (κ1) is 14.3. The molecule has 2 rings (SSSR count). The van der Waals surface area contributed by atoms with Crippen molar-refractivity contribution in [1.29, 1.82) is 0 Å². The number of halogens is 3. The van der Waals surface area contributed by atoms with Gasteiger partial charge in [0, 0.05) is 12.1 Å². The van der Waals surface area contributed by atoms with Crippen LogP contribution in [0.25, 0.3) is 0 Å². The SMILES string of the molecule is O=C(O)c1cccc2c1COCCN2C(=O)C(F)(F)F. The molecule has 0 saturated carbocycles. The summed E-state index contributed by atoms with van der Waals surface area (Å²) in [4.78, 5) is 23.0. The molecule has 0 saturated heterocycles. The van der Waals surface area contributed by atoms with E-state index >= 15 is 0 Å². The molecule has 1 aliphatic heterocycles. The third kappa shape index (κ3) is 2.60. The molecule has 1 heterocycles. The molecule has 0 unspecified atom stereocenters. The molecular weight excluding hydrogens is 279 g/mol. The third-order valence-corrected chi connectivity index (χ3v) is 2.87. The van der Waals surface area contributed by atoms with Gasteiger partial charge in [-0.1, -0.05) is 6.07 Å². The number of carbonyl (C=O) groups excluding carboxylic acids is 1. The van der Waals surface area contributed by atoms with Crippen molar-refractivity contribution in [2.24, 2.45) is 0 Å². The van der Waals surface area contributed by atoms with Gasteiger partial charge in [0.05, 0.1) is 24.5 Å². The maximum atomic E-state index is 12.6. The zero-order valence-electron chi connectivity index (χ0n) is 10.1. The summed E-state index contributed by atoms with van der Waals surface area (Å²) in [7, 11) is 0. The van der Waals surface area contributed by atoms with E-state index in [9.17, 15) is 22.8 Å². The van der Waals surface area contributed by atoms with Crippen molar-refractivity contribution in [3.05, 3.63) is 29.3 Å². The van der Waals surface area contributed by atoms with Gasteiger partial charge in [0.15, 0.2) is 0 Å². The van der Waals surface area contributed by atoms with E-state index in [1.165, 1.54) is 18.2 Å². The highest BCUT2D eigenvalue weighted by atomic mass is 19.4. The van der Waals surface area contributed by atoms with Gasteiger partial charge >= 0.3 is 18.1 Å². The number of benzene rings is 1. The minimum absolute atomic E-state index is 0.0649. The summed E-state index contributed by atoms with van der Waals surface area (Å²) < 4.78 is 42.8. The Kier molecular flexibility index (Phi) is 3.67. The summed E-state index contributed by atoms with van der Waals surface area (Å²) >= 11 is 0. The maximum absolute atomic E-state index is 12.6. The summed E-state index contributed by atoms with van der Waals surface area (Å²) in [6.07, 6.45) is -5.03. The zero-order valence-corrected chi connectivity index (χ0v) is 10.1. The van der Waals surface area contributed by atoms with Gasteiger partial charge in [0.25, 0.3) is 0 Å². The molecule has 5 nitrogen and oxygen atoms in total. The monoisotopic (exact) mass is 289 g/mol. The summed E-state index contributed by atoms with van der Waals surface area (Å²) in [5, 5.41) is 9.04. The quantitative estimate of drug-likeness (QED) is 0.856. The van der Waals surface area contributed by atoms with Crippen LogP contribution in [-0.2, 0) is 16.1 Å². The predicted octanol–water partition coefficient (Wildman–Crippen LogP) is 1.81. The van der Waals surface area contributed by atoms with Crippen LogP contribution in [0.3, 0.4) is 0 Å². The minimum Gasteiger partial charge on any atom is -0.478 e. The van der Waals surface area contributed by atoms with Crippen LogP contribution in [0.5, 0.6) is 0 Å². The van der Waals surface area contributed by atoms with Gasteiger partial charge in [-0.2, -0.15) is 13.2 Å². The lowest BCUT2D eigenvalue weighted by atomic mass is 10.1. The number of fused-ring (bicyclic) bond motifs is 1. The fraction of sp³-hybridized carbons (Fsp3) is 0.333. The van der Waals surface area contributed by atoms with Crippen molar-refractivity contribution in [3.8, 4) is 0 Å². The lowest BCUT2D eigenvalue weighted by Gasteiger charge is -2.23. The van der Waals surface area contributed by atoms with Crippen molar-refractivity contribution in [1.82, 2.24) is 0 Å². The van der Waals surface area contributed by atoms with Crippen LogP contribution in [0.4, 0.5) is 18.9 Å². The first-order chi connectivity index (χ1) is 9.32. The molecule has 1 amide bonds. The number of hydrogen-bond acceptors (Lipinski definition) is 3. The number of nitrogens with zero attached hydrogens (tertiary/aromatic N) is 1. The fourth-order valence-corrected chi connectivity index (χ4v) is 1.99. The standard InChI is InChI=1S/C12H10F3NO4/c13-12(14,15)11(19)16-4-5-20-6-8-7(10(17)18)2-1-3-9(8)16/h1-3H,4-6H2,(H,17,18). The number of carbonyl (C=O) groups is 2. The second-order valence-corrected chi connectivity index (χ2v) is 4.12. The molecule has 0 aromatic heterocycles. The van der Waals surface area contributed by atoms with Crippen molar-refractivity contribution in [2.75, 3.05) is 18.1 Å². The smallest absolute Gasteiger partial charge is 0.471 e. The molecule has 1 aliphatic rings. The lowest BCUT2D eigenvalue weighted by Crippen LogP contribution is -2.42. The molecule has 0 radical (unpaired) electrons. The Morgan fingerprint density at radius 3 is 2.60 bits per heavy atom. The van der Waals surface area contributed by atoms with Crippen LogP contribution < -0.4 is 4.90 Å². The van der Waals surface area contributed by atoms with Crippen LogP contribution >= 0.6 is 0 Å². The first-order valence-electron chi connectivity index (χ1n) is 5.64. The molecule has 0 aliphatic carbocycles. The molecule has 0 spiro atoms. The Morgan fingerprint density at radius 2 is 2.00 bits per heavy atom. The normalized spacial score (nSPS) is 15.4. The second kappa shape index (κ2) is 5.12. The molecule has 0 bridgehead atoms. The van der Waals surface area contributed by atoms with E-state index in [1.807, 2.05) is 0 Å². The number of hydrogen-bond donors (Lipinski definition) is 1. The first-order valence-corrected chi connectivity index (χ1v) is 5.64. The van der Waals surface area contributed by atoms with E-state index in [0.717, 1.165) is 0 Å². The van der Waals surface area contributed by atoms with Gasteiger partial charge in [-0.25, -0.2) is 4.79 Å². The topological polar surface area (TPSA) is 66.8 Å². The van der Waals surface area contributed by atoms with Crippen LogP contribution in [-0.4, -0.2) is 36.3 Å². The predicted molar refractivity (Wildman–Crippen MR) is 61.5 cm³/mol. The van der Waals surface area contributed by atoms with Gasteiger partial charge in [0.1, 0.15) is 0 Å². The summed E-state index contributed by atoms with van der Waals surface area (Å²) in [6, 6.07) is 3.83. The summed E-state index contributed by atoms with van der Waals surface area (Å²) in [5.74, 6) is -3.32. The highest BCUT2D eigenvalue weighted by molar-refractivity contribution is 6.00. The van der Waals surface area contributed by atoms with Gasteiger partial charge < -0.3 is 14.7 Å². The number of carboxylic acids is 1. The largest absolute Gasteiger partial charge is 0.478 e. The van der Waals surface area contributed by atoms with Gasteiger partial charge in [-0.15, -0.1) is 0 Å². The molecule has 20 heavy (non-hydrogen) atoms. The van der Waals surface area contributed by atoms with E-state index in [-0.39, 0.29) is 36.6 Å². The molecule has 8 heteroatoms. The Bertz CT molecular complexity index is 556. The van der Waals surface area contributed by atoms with Crippen molar-refractivity contribution in [2.45, 2.75) is 12.8 Å². The van der Waals surface area contributed by atoms with E-state index < -0.39 is 18.1 Å². The average molecular weight is 289 g/mol. The van der Waals surface area contributed by atoms with E-state index in [0.29, 0.717) is 4.90 Å². The molecule has 0 atom stereocenters. The number of ether oxygens (including phenoxy) is 1. The van der Waals surface area contributed by atoms with Crippen molar-refractivity contribution >= 4 is 17.6 Å². The van der Waals surface area contributed by atoms with Gasteiger partial charge in [0.2, 0.25) is 0 Å². The number of alkyl halides is 3. The van der Waals surface area contributed by atoms with Crippen LogP contribution in [0, 0.1) is 0 Å². The highest BCUT2D eigenvalue weighted by Crippen LogP contribution is 2.30.